The van der Waals surface area contributed by atoms with Crippen LogP contribution >= 0.6 is 0 Å². The minimum absolute atomic E-state index is 0.744. The highest BCUT2D eigenvalue weighted by molar-refractivity contribution is 6.78. The van der Waals surface area contributed by atoms with Gasteiger partial charge in [0, 0.05) is 0 Å². The third kappa shape index (κ3) is 4.39. The molecule has 1 atom stereocenters. The summed E-state index contributed by atoms with van der Waals surface area (Å²) < 4.78 is 6.04. The second kappa shape index (κ2) is 4.30. The van der Waals surface area contributed by atoms with E-state index in [-0.39, 0.29) is 0 Å². The molecule has 0 spiro atoms. The second-order valence-corrected chi connectivity index (χ2v) is 16.3. The van der Waals surface area contributed by atoms with E-state index in [1.807, 2.05) is 0 Å². The van der Waals surface area contributed by atoms with Crippen LogP contribution in [0.15, 0.2) is 24.0 Å². The Hall–Kier alpha value is -0.286. The van der Waals surface area contributed by atoms with Crippen molar-refractivity contribution in [3.63, 3.8) is 0 Å². The van der Waals surface area contributed by atoms with Gasteiger partial charge in [-0.1, -0.05) is 25.7 Å². The van der Waals surface area contributed by atoms with Crippen LogP contribution in [0.3, 0.4) is 0 Å². The molecule has 0 aromatic carbocycles. The van der Waals surface area contributed by atoms with Crippen LogP contribution in [-0.4, -0.2) is 16.4 Å². The Morgan fingerprint density at radius 1 is 1.13 bits per heavy atom. The SMILES string of the molecule is C[Si](C)(C)OC1=CC([Si](C)(C)C)CC=C1. The van der Waals surface area contributed by atoms with E-state index in [4.69, 9.17) is 4.43 Å². The highest BCUT2D eigenvalue weighted by Crippen LogP contribution is 2.32. The van der Waals surface area contributed by atoms with Crippen LogP contribution in [-0.2, 0) is 4.43 Å². The third-order valence-electron chi connectivity index (χ3n) is 2.57. The standard InChI is InChI=1S/C12H24OSi2/c1-14(2,3)12-9-7-8-11(10-12)13-15(4,5)6/h7-8,10,12H,9H2,1-6H3. The van der Waals surface area contributed by atoms with Gasteiger partial charge in [-0.25, -0.2) is 0 Å². The van der Waals surface area contributed by atoms with Crippen molar-refractivity contribution in [2.45, 2.75) is 51.2 Å². The zero-order valence-corrected chi connectivity index (χ0v) is 12.9. The first kappa shape index (κ1) is 12.8. The van der Waals surface area contributed by atoms with E-state index in [0.29, 0.717) is 0 Å². The van der Waals surface area contributed by atoms with Crippen molar-refractivity contribution in [2.75, 3.05) is 0 Å². The molecule has 1 aliphatic carbocycles. The van der Waals surface area contributed by atoms with E-state index in [2.05, 4.69) is 57.5 Å². The van der Waals surface area contributed by atoms with Crippen molar-refractivity contribution in [1.29, 1.82) is 0 Å². The number of hydrogen-bond acceptors (Lipinski definition) is 1. The first-order valence-electron chi connectivity index (χ1n) is 5.76. The van der Waals surface area contributed by atoms with Crippen LogP contribution in [0.4, 0.5) is 0 Å². The summed E-state index contributed by atoms with van der Waals surface area (Å²) in [6.07, 6.45) is 7.99. The highest BCUT2D eigenvalue weighted by atomic mass is 28.4. The molecule has 1 rings (SSSR count). The Bertz CT molecular complexity index is 279. The van der Waals surface area contributed by atoms with Crippen molar-refractivity contribution in [2.24, 2.45) is 0 Å². The number of rotatable bonds is 3. The summed E-state index contributed by atoms with van der Waals surface area (Å²) in [5, 5.41) is 0. The minimum Gasteiger partial charge on any atom is -0.545 e. The van der Waals surface area contributed by atoms with Crippen molar-refractivity contribution < 1.29 is 4.43 Å². The summed E-state index contributed by atoms with van der Waals surface area (Å²) in [5.41, 5.74) is 0.744. The second-order valence-electron chi connectivity index (χ2n) is 6.39. The van der Waals surface area contributed by atoms with Gasteiger partial charge in [0.05, 0.1) is 13.8 Å². The van der Waals surface area contributed by atoms with Gasteiger partial charge < -0.3 is 4.43 Å². The van der Waals surface area contributed by atoms with Crippen LogP contribution in [0.25, 0.3) is 0 Å². The van der Waals surface area contributed by atoms with Gasteiger partial charge in [-0.3, -0.25) is 0 Å². The van der Waals surface area contributed by atoms with E-state index in [1.54, 1.807) is 0 Å². The molecular formula is C12H24OSi2. The number of hydrogen-bond donors (Lipinski definition) is 0. The first-order chi connectivity index (χ1) is 6.68. The van der Waals surface area contributed by atoms with Gasteiger partial charge >= 0.3 is 0 Å². The van der Waals surface area contributed by atoms with E-state index in [1.165, 1.54) is 6.42 Å². The number of allylic oxidation sites excluding steroid dienone is 3. The molecule has 15 heavy (non-hydrogen) atoms. The van der Waals surface area contributed by atoms with Crippen LogP contribution < -0.4 is 0 Å². The molecule has 0 saturated carbocycles. The fourth-order valence-corrected chi connectivity index (χ4v) is 4.03. The molecule has 1 unspecified atom stereocenters. The molecule has 3 heteroatoms. The molecule has 0 aliphatic heterocycles. The fourth-order valence-electron chi connectivity index (χ4n) is 1.68. The van der Waals surface area contributed by atoms with Crippen molar-refractivity contribution in [3.05, 3.63) is 24.0 Å². The minimum atomic E-state index is -1.44. The maximum absolute atomic E-state index is 6.04. The van der Waals surface area contributed by atoms with Crippen molar-refractivity contribution in [1.82, 2.24) is 0 Å². The zero-order valence-electron chi connectivity index (χ0n) is 10.9. The monoisotopic (exact) mass is 240 g/mol. The molecule has 0 heterocycles. The van der Waals surface area contributed by atoms with E-state index in [0.717, 1.165) is 11.3 Å². The lowest BCUT2D eigenvalue weighted by Gasteiger charge is -2.30. The molecule has 0 N–H and O–H groups in total. The molecule has 0 amide bonds. The van der Waals surface area contributed by atoms with Gasteiger partial charge in [0.15, 0.2) is 0 Å². The Labute approximate surface area is 96.4 Å². The first-order valence-corrected chi connectivity index (χ1v) is 12.7. The molecule has 1 aliphatic rings. The molecular weight excluding hydrogens is 216 g/mol. The predicted octanol–water partition coefficient (Wildman–Crippen LogP) is 4.39. The van der Waals surface area contributed by atoms with E-state index < -0.39 is 16.4 Å². The molecule has 0 bridgehead atoms. The lowest BCUT2D eigenvalue weighted by molar-refractivity contribution is 0.435. The Kier molecular flexibility index (Phi) is 3.66. The van der Waals surface area contributed by atoms with Crippen molar-refractivity contribution >= 4 is 16.4 Å². The third-order valence-corrected chi connectivity index (χ3v) is 6.05. The summed E-state index contributed by atoms with van der Waals surface area (Å²) in [4.78, 5) is 0. The van der Waals surface area contributed by atoms with Gasteiger partial charge in [-0.05, 0) is 43.8 Å². The topological polar surface area (TPSA) is 9.23 Å². The summed E-state index contributed by atoms with van der Waals surface area (Å²) in [5.74, 6) is 1.12. The normalized spacial score (nSPS) is 22.5. The molecule has 0 saturated heterocycles. The molecule has 0 fully saturated rings. The van der Waals surface area contributed by atoms with Gasteiger partial charge in [0.1, 0.15) is 0 Å². The summed E-state index contributed by atoms with van der Waals surface area (Å²) in [6.45, 7) is 14.0. The summed E-state index contributed by atoms with van der Waals surface area (Å²) in [6, 6.07) is 0. The van der Waals surface area contributed by atoms with Crippen LogP contribution in [0, 0.1) is 0 Å². The highest BCUT2D eigenvalue weighted by Gasteiger charge is 2.27. The quantitative estimate of drug-likeness (QED) is 0.665. The Morgan fingerprint density at radius 2 is 1.73 bits per heavy atom. The maximum Gasteiger partial charge on any atom is 0.242 e. The zero-order chi connectivity index (χ0) is 11.7. The average molecular weight is 240 g/mol. The van der Waals surface area contributed by atoms with E-state index in [9.17, 15) is 0 Å². The smallest absolute Gasteiger partial charge is 0.242 e. The largest absolute Gasteiger partial charge is 0.545 e. The molecule has 1 nitrogen and oxygen atoms in total. The van der Waals surface area contributed by atoms with Gasteiger partial charge in [0.25, 0.3) is 0 Å². The van der Waals surface area contributed by atoms with Gasteiger partial charge in [0.2, 0.25) is 8.32 Å². The van der Waals surface area contributed by atoms with Crippen LogP contribution in [0.2, 0.25) is 44.8 Å². The van der Waals surface area contributed by atoms with Gasteiger partial charge in [-0.2, -0.15) is 0 Å². The Morgan fingerprint density at radius 3 is 2.20 bits per heavy atom. The lowest BCUT2D eigenvalue weighted by Crippen LogP contribution is -2.29. The van der Waals surface area contributed by atoms with Crippen LogP contribution in [0.1, 0.15) is 6.42 Å². The maximum atomic E-state index is 6.04. The molecule has 0 radical (unpaired) electrons. The molecule has 0 aromatic rings. The summed E-state index contributed by atoms with van der Waals surface area (Å²) in [7, 11) is -2.50. The summed E-state index contributed by atoms with van der Waals surface area (Å²) >= 11 is 0. The Balaban J connectivity index is 2.74. The van der Waals surface area contributed by atoms with Crippen LogP contribution in [0.5, 0.6) is 0 Å². The van der Waals surface area contributed by atoms with Gasteiger partial charge in [-0.15, -0.1) is 0 Å². The molecule has 86 valence electrons. The molecule has 0 aromatic heterocycles. The van der Waals surface area contributed by atoms with E-state index >= 15 is 0 Å². The lowest BCUT2D eigenvalue weighted by atomic mass is 10.2. The average Bonchev–Trinajstić information content (AvgIpc) is 1.99. The fraction of sp³-hybridized carbons (Fsp3) is 0.667. The van der Waals surface area contributed by atoms with Crippen molar-refractivity contribution in [3.8, 4) is 0 Å². The predicted molar refractivity (Wildman–Crippen MR) is 73.4 cm³/mol.